The predicted octanol–water partition coefficient (Wildman–Crippen LogP) is 2.67. The standard InChI is InChI=1S/C13H16BrN3O4/c1-21-12(18)7-9-4-2-3-5-16(9)13-11(14)6-10(8-15-13)17(19)20/h6,8-9H,2-5,7H2,1H3. The van der Waals surface area contributed by atoms with Gasteiger partial charge in [0, 0.05) is 18.7 Å². The fourth-order valence-electron chi connectivity index (χ4n) is 2.50. The molecule has 0 spiro atoms. The van der Waals surface area contributed by atoms with Crippen LogP contribution in [-0.4, -0.2) is 35.6 Å². The van der Waals surface area contributed by atoms with Gasteiger partial charge in [-0.2, -0.15) is 0 Å². The molecule has 1 saturated heterocycles. The zero-order chi connectivity index (χ0) is 15.4. The van der Waals surface area contributed by atoms with Crippen LogP contribution in [0, 0.1) is 10.1 Å². The zero-order valence-electron chi connectivity index (χ0n) is 11.6. The van der Waals surface area contributed by atoms with E-state index >= 15 is 0 Å². The van der Waals surface area contributed by atoms with Crippen molar-refractivity contribution < 1.29 is 14.5 Å². The largest absolute Gasteiger partial charge is 0.469 e. The maximum atomic E-state index is 11.5. The molecule has 8 heteroatoms. The van der Waals surface area contributed by atoms with Crippen molar-refractivity contribution in [2.45, 2.75) is 31.7 Å². The SMILES string of the molecule is COC(=O)CC1CCCCN1c1ncc([N+](=O)[O-])cc1Br. The molecule has 1 aliphatic heterocycles. The number of hydrogen-bond donors (Lipinski definition) is 0. The third-order valence-electron chi connectivity index (χ3n) is 3.55. The highest BCUT2D eigenvalue weighted by atomic mass is 79.9. The topological polar surface area (TPSA) is 85.6 Å². The fraction of sp³-hybridized carbons (Fsp3) is 0.538. The Morgan fingerprint density at radius 1 is 1.62 bits per heavy atom. The maximum Gasteiger partial charge on any atom is 0.307 e. The van der Waals surface area contributed by atoms with Crippen molar-refractivity contribution in [1.82, 2.24) is 4.98 Å². The Balaban J connectivity index is 2.24. The van der Waals surface area contributed by atoms with Gasteiger partial charge in [-0.25, -0.2) is 4.98 Å². The van der Waals surface area contributed by atoms with Gasteiger partial charge >= 0.3 is 5.97 Å². The molecule has 21 heavy (non-hydrogen) atoms. The Morgan fingerprint density at radius 3 is 3.00 bits per heavy atom. The van der Waals surface area contributed by atoms with Gasteiger partial charge in [0.2, 0.25) is 0 Å². The molecule has 1 aliphatic rings. The molecule has 2 rings (SSSR count). The van der Waals surface area contributed by atoms with Crippen LogP contribution in [0.1, 0.15) is 25.7 Å². The number of hydrogen-bond acceptors (Lipinski definition) is 6. The normalized spacial score (nSPS) is 18.4. The van der Waals surface area contributed by atoms with Gasteiger partial charge in [0.15, 0.2) is 0 Å². The van der Waals surface area contributed by atoms with Gasteiger partial charge < -0.3 is 9.64 Å². The molecular formula is C13H16BrN3O4. The highest BCUT2D eigenvalue weighted by molar-refractivity contribution is 9.10. The smallest absolute Gasteiger partial charge is 0.307 e. The number of methoxy groups -OCH3 is 1. The number of ether oxygens (including phenoxy) is 1. The number of nitrogens with zero attached hydrogens (tertiary/aromatic N) is 3. The number of halogens is 1. The van der Waals surface area contributed by atoms with Gasteiger partial charge in [0.25, 0.3) is 5.69 Å². The number of rotatable bonds is 4. The van der Waals surface area contributed by atoms with E-state index in [-0.39, 0.29) is 17.7 Å². The Kier molecular flexibility index (Phi) is 5.11. The summed E-state index contributed by atoms with van der Waals surface area (Å²) in [5, 5.41) is 10.8. The van der Waals surface area contributed by atoms with Crippen LogP contribution in [0.15, 0.2) is 16.7 Å². The number of carbonyl (C=O) groups is 1. The summed E-state index contributed by atoms with van der Waals surface area (Å²) in [6.07, 6.45) is 4.46. The molecule has 0 amide bonds. The van der Waals surface area contributed by atoms with Crippen molar-refractivity contribution >= 4 is 33.4 Å². The first-order valence-electron chi connectivity index (χ1n) is 6.66. The van der Waals surface area contributed by atoms with E-state index in [9.17, 15) is 14.9 Å². The molecule has 7 nitrogen and oxygen atoms in total. The molecule has 0 bridgehead atoms. The van der Waals surface area contributed by atoms with Gasteiger partial charge in [-0.1, -0.05) is 0 Å². The van der Waals surface area contributed by atoms with Gasteiger partial charge in [-0.15, -0.1) is 0 Å². The van der Waals surface area contributed by atoms with Crippen LogP contribution in [-0.2, 0) is 9.53 Å². The second-order valence-corrected chi connectivity index (χ2v) is 5.73. The van der Waals surface area contributed by atoms with Gasteiger partial charge in [-0.3, -0.25) is 14.9 Å². The third-order valence-corrected chi connectivity index (χ3v) is 4.13. The van der Waals surface area contributed by atoms with Crippen molar-refractivity contribution in [2.24, 2.45) is 0 Å². The average molecular weight is 358 g/mol. The first-order valence-corrected chi connectivity index (χ1v) is 7.45. The Morgan fingerprint density at radius 2 is 2.38 bits per heavy atom. The van der Waals surface area contributed by atoms with Crippen LogP contribution in [0.2, 0.25) is 0 Å². The Bertz CT molecular complexity index is 552. The van der Waals surface area contributed by atoms with Gasteiger partial charge in [0.05, 0.1) is 22.9 Å². The maximum absolute atomic E-state index is 11.5. The third kappa shape index (κ3) is 3.69. The molecular weight excluding hydrogens is 342 g/mol. The monoisotopic (exact) mass is 357 g/mol. The van der Waals surface area contributed by atoms with E-state index < -0.39 is 4.92 Å². The van der Waals surface area contributed by atoms with E-state index in [0.29, 0.717) is 16.7 Å². The predicted molar refractivity (Wildman–Crippen MR) is 80.2 cm³/mol. The van der Waals surface area contributed by atoms with E-state index in [1.807, 2.05) is 4.90 Å². The number of pyridine rings is 1. The zero-order valence-corrected chi connectivity index (χ0v) is 13.2. The molecule has 0 aromatic carbocycles. The number of piperidine rings is 1. The minimum Gasteiger partial charge on any atom is -0.469 e. The number of esters is 1. The first-order chi connectivity index (χ1) is 10.0. The molecule has 1 aromatic heterocycles. The fourth-order valence-corrected chi connectivity index (χ4v) is 3.06. The van der Waals surface area contributed by atoms with Crippen LogP contribution in [0.25, 0.3) is 0 Å². The number of anilines is 1. The van der Waals surface area contributed by atoms with Crippen molar-refractivity contribution in [1.29, 1.82) is 0 Å². The summed E-state index contributed by atoms with van der Waals surface area (Å²) in [6.45, 7) is 0.769. The summed E-state index contributed by atoms with van der Waals surface area (Å²) in [6, 6.07) is 1.45. The second-order valence-electron chi connectivity index (χ2n) is 4.88. The van der Waals surface area contributed by atoms with Crippen LogP contribution < -0.4 is 4.90 Å². The van der Waals surface area contributed by atoms with Crippen molar-refractivity contribution in [3.63, 3.8) is 0 Å². The number of carbonyl (C=O) groups excluding carboxylic acids is 1. The average Bonchev–Trinajstić information content (AvgIpc) is 2.47. The quantitative estimate of drug-likeness (QED) is 0.467. The highest BCUT2D eigenvalue weighted by Crippen LogP contribution is 2.32. The van der Waals surface area contributed by atoms with Crippen LogP contribution in [0.3, 0.4) is 0 Å². The minimum absolute atomic E-state index is 0.0106. The van der Waals surface area contributed by atoms with Crippen molar-refractivity contribution in [3.8, 4) is 0 Å². The molecule has 1 aromatic rings. The molecule has 2 heterocycles. The second kappa shape index (κ2) is 6.84. The van der Waals surface area contributed by atoms with E-state index in [0.717, 1.165) is 25.8 Å². The van der Waals surface area contributed by atoms with Crippen molar-refractivity contribution in [2.75, 3.05) is 18.6 Å². The van der Waals surface area contributed by atoms with Gasteiger partial charge in [0.1, 0.15) is 12.0 Å². The summed E-state index contributed by atoms with van der Waals surface area (Å²) in [5.74, 6) is 0.374. The molecule has 0 radical (unpaired) electrons. The Labute approximate surface area is 130 Å². The summed E-state index contributed by atoms with van der Waals surface area (Å²) < 4.78 is 5.29. The summed E-state index contributed by atoms with van der Waals surface area (Å²) in [7, 11) is 1.37. The van der Waals surface area contributed by atoms with Crippen LogP contribution in [0.4, 0.5) is 11.5 Å². The van der Waals surface area contributed by atoms with Gasteiger partial charge in [-0.05, 0) is 35.2 Å². The molecule has 0 N–H and O–H groups in total. The van der Waals surface area contributed by atoms with Crippen LogP contribution >= 0.6 is 15.9 Å². The van der Waals surface area contributed by atoms with Crippen molar-refractivity contribution in [3.05, 3.63) is 26.9 Å². The minimum atomic E-state index is -0.482. The highest BCUT2D eigenvalue weighted by Gasteiger charge is 2.28. The molecule has 1 fully saturated rings. The lowest BCUT2D eigenvalue weighted by Gasteiger charge is -2.36. The number of nitro groups is 1. The lowest BCUT2D eigenvalue weighted by Crippen LogP contribution is -2.41. The summed E-state index contributed by atoms with van der Waals surface area (Å²) >= 11 is 3.34. The summed E-state index contributed by atoms with van der Waals surface area (Å²) in [5.41, 5.74) is -0.0628. The number of aromatic nitrogens is 1. The molecule has 1 unspecified atom stereocenters. The molecule has 0 aliphatic carbocycles. The van der Waals surface area contributed by atoms with E-state index in [2.05, 4.69) is 20.9 Å². The lowest BCUT2D eigenvalue weighted by molar-refractivity contribution is -0.385. The van der Waals surface area contributed by atoms with E-state index in [4.69, 9.17) is 4.74 Å². The molecule has 1 atom stereocenters. The van der Waals surface area contributed by atoms with Crippen LogP contribution in [0.5, 0.6) is 0 Å². The summed E-state index contributed by atoms with van der Waals surface area (Å²) in [4.78, 5) is 28.0. The first kappa shape index (κ1) is 15.7. The van der Waals surface area contributed by atoms with E-state index in [1.165, 1.54) is 19.4 Å². The lowest BCUT2D eigenvalue weighted by atomic mass is 9.99. The Hall–Kier alpha value is -1.70. The molecule has 0 saturated carbocycles. The molecule has 114 valence electrons. The van der Waals surface area contributed by atoms with E-state index in [1.54, 1.807) is 0 Å².